The molecule has 0 radical (unpaired) electrons. The Kier molecular flexibility index (Phi) is 4.20. The Hall–Kier alpha value is -3.25. The van der Waals surface area contributed by atoms with Crippen LogP contribution in [0.2, 0.25) is 0 Å². The number of β-amino-alcohol motifs (C(OH)–C–C–N with tert-alkyl or cyclic N) is 1. The van der Waals surface area contributed by atoms with Crippen molar-refractivity contribution in [3.05, 3.63) is 57.0 Å². The zero-order chi connectivity index (χ0) is 21.1. The number of amides is 1. The molecule has 2 aromatic heterocycles. The minimum Gasteiger partial charge on any atom is -0.389 e. The van der Waals surface area contributed by atoms with Gasteiger partial charge in [0.15, 0.2) is 11.2 Å². The standard InChI is InChI=1S/C17H17N5O6S/c1-19-14-13(16(25)20(2)17(19)26)21(9-18-14)7-10(23)8-22-15(24)11-5-3-4-6-12(11)29(22,27)28/h3-6,9-10,23H,7-8H2,1-2H3/t10-/m0/s1. The number of carbonyl (C=O) groups excluding carboxylic acids is 1. The number of fused-ring (bicyclic) bond motifs is 2. The quantitative estimate of drug-likeness (QED) is 0.551. The Morgan fingerprint density at radius 3 is 2.45 bits per heavy atom. The molecule has 1 atom stereocenters. The van der Waals surface area contributed by atoms with Crippen molar-refractivity contribution < 1.29 is 18.3 Å². The van der Waals surface area contributed by atoms with Crippen molar-refractivity contribution in [1.29, 1.82) is 0 Å². The highest BCUT2D eigenvalue weighted by atomic mass is 32.2. The van der Waals surface area contributed by atoms with Crippen LogP contribution < -0.4 is 11.2 Å². The Bertz CT molecular complexity index is 1380. The highest BCUT2D eigenvalue weighted by molar-refractivity contribution is 7.90. The molecule has 0 spiro atoms. The number of sulfonamides is 1. The van der Waals surface area contributed by atoms with Gasteiger partial charge in [0, 0.05) is 14.1 Å². The number of hydrogen-bond acceptors (Lipinski definition) is 7. The second kappa shape index (κ2) is 6.39. The van der Waals surface area contributed by atoms with Gasteiger partial charge < -0.3 is 9.67 Å². The molecule has 1 aromatic carbocycles. The van der Waals surface area contributed by atoms with Crippen LogP contribution in [0, 0.1) is 0 Å². The highest BCUT2D eigenvalue weighted by Crippen LogP contribution is 2.30. The summed E-state index contributed by atoms with van der Waals surface area (Å²) in [5.41, 5.74) is -0.850. The molecule has 1 amide bonds. The predicted molar refractivity (Wildman–Crippen MR) is 101 cm³/mol. The van der Waals surface area contributed by atoms with E-state index < -0.39 is 39.8 Å². The number of carbonyl (C=O) groups is 1. The van der Waals surface area contributed by atoms with Gasteiger partial charge in [-0.05, 0) is 12.1 Å². The molecule has 0 aliphatic carbocycles. The lowest BCUT2D eigenvalue weighted by molar-refractivity contribution is 0.0772. The summed E-state index contributed by atoms with van der Waals surface area (Å²) in [4.78, 5) is 40.9. The molecule has 4 rings (SSSR count). The van der Waals surface area contributed by atoms with E-state index in [1.807, 2.05) is 0 Å². The van der Waals surface area contributed by atoms with Crippen LogP contribution in [0.25, 0.3) is 11.2 Å². The molecule has 0 bridgehead atoms. The lowest BCUT2D eigenvalue weighted by Crippen LogP contribution is -2.40. The summed E-state index contributed by atoms with van der Waals surface area (Å²) < 4.78 is 29.3. The SMILES string of the molecule is Cn1c(=O)c2c(ncn2C[C@H](O)CN2C(=O)c3ccccc3S2(=O)=O)n(C)c1=O. The zero-order valence-corrected chi connectivity index (χ0v) is 16.3. The van der Waals surface area contributed by atoms with Gasteiger partial charge >= 0.3 is 5.69 Å². The van der Waals surface area contributed by atoms with Crippen LogP contribution in [0.15, 0.2) is 45.1 Å². The number of hydrogen-bond donors (Lipinski definition) is 1. The Morgan fingerprint density at radius 2 is 1.76 bits per heavy atom. The van der Waals surface area contributed by atoms with E-state index in [1.54, 1.807) is 6.07 Å². The predicted octanol–water partition coefficient (Wildman–Crippen LogP) is -1.36. The summed E-state index contributed by atoms with van der Waals surface area (Å²) in [7, 11) is -1.26. The lowest BCUT2D eigenvalue weighted by atomic mass is 10.2. The molecule has 3 aromatic rings. The smallest absolute Gasteiger partial charge is 0.332 e. The molecule has 0 saturated carbocycles. The summed E-state index contributed by atoms with van der Waals surface area (Å²) in [6.07, 6.45) is -0.0218. The van der Waals surface area contributed by atoms with Gasteiger partial charge in [0.1, 0.15) is 4.90 Å². The van der Waals surface area contributed by atoms with Crippen molar-refractivity contribution in [1.82, 2.24) is 23.0 Å². The third kappa shape index (κ3) is 2.71. The van der Waals surface area contributed by atoms with Crippen molar-refractivity contribution in [2.24, 2.45) is 14.1 Å². The van der Waals surface area contributed by atoms with E-state index in [2.05, 4.69) is 4.98 Å². The molecule has 0 fully saturated rings. The van der Waals surface area contributed by atoms with Crippen molar-refractivity contribution >= 4 is 27.1 Å². The van der Waals surface area contributed by atoms with E-state index in [0.717, 1.165) is 4.57 Å². The van der Waals surface area contributed by atoms with E-state index in [4.69, 9.17) is 0 Å². The number of aliphatic hydroxyl groups excluding tert-OH is 1. The average Bonchev–Trinajstić information content (AvgIpc) is 3.18. The van der Waals surface area contributed by atoms with Crippen LogP contribution in [0.4, 0.5) is 0 Å². The van der Waals surface area contributed by atoms with Crippen LogP contribution in [-0.4, -0.2) is 55.1 Å². The summed E-state index contributed by atoms with van der Waals surface area (Å²) in [6, 6.07) is 5.82. The molecule has 3 heterocycles. The van der Waals surface area contributed by atoms with Gasteiger partial charge in [-0.1, -0.05) is 12.1 Å². The summed E-state index contributed by atoms with van der Waals surface area (Å²) in [6.45, 7) is -0.679. The Morgan fingerprint density at radius 1 is 1.07 bits per heavy atom. The molecular formula is C17H17N5O6S. The first-order chi connectivity index (χ1) is 13.6. The second-order valence-electron chi connectivity index (χ2n) is 6.77. The van der Waals surface area contributed by atoms with Crippen molar-refractivity contribution in [2.45, 2.75) is 17.5 Å². The maximum Gasteiger partial charge on any atom is 0.332 e. The van der Waals surface area contributed by atoms with E-state index in [-0.39, 0.29) is 28.2 Å². The third-order valence-electron chi connectivity index (χ3n) is 4.91. The Balaban J connectivity index is 1.65. The number of aryl methyl sites for hydroxylation is 1. The largest absolute Gasteiger partial charge is 0.389 e. The molecule has 1 aliphatic rings. The first kappa shape index (κ1) is 19.1. The van der Waals surface area contributed by atoms with E-state index in [9.17, 15) is 27.9 Å². The van der Waals surface area contributed by atoms with E-state index in [1.165, 1.54) is 47.8 Å². The van der Waals surface area contributed by atoms with Crippen molar-refractivity contribution in [2.75, 3.05) is 6.54 Å². The summed E-state index contributed by atoms with van der Waals surface area (Å²) in [5.74, 6) is -0.714. The minimum absolute atomic E-state index is 0.0525. The second-order valence-corrected chi connectivity index (χ2v) is 8.60. The first-order valence-corrected chi connectivity index (χ1v) is 10.0. The molecule has 12 heteroatoms. The normalized spacial score (nSPS) is 16.4. The van der Waals surface area contributed by atoms with Crippen LogP contribution in [0.1, 0.15) is 10.4 Å². The van der Waals surface area contributed by atoms with E-state index in [0.29, 0.717) is 4.31 Å². The van der Waals surface area contributed by atoms with Gasteiger partial charge in [0.2, 0.25) is 0 Å². The molecule has 152 valence electrons. The van der Waals surface area contributed by atoms with Crippen LogP contribution >= 0.6 is 0 Å². The molecule has 1 aliphatic heterocycles. The number of imidazole rings is 1. The van der Waals surface area contributed by atoms with Crippen LogP contribution in [0.5, 0.6) is 0 Å². The fraction of sp³-hybridized carbons (Fsp3) is 0.294. The fourth-order valence-electron chi connectivity index (χ4n) is 3.42. The maximum absolute atomic E-state index is 12.6. The number of nitrogens with zero attached hydrogens (tertiary/aromatic N) is 5. The summed E-state index contributed by atoms with van der Waals surface area (Å²) >= 11 is 0. The van der Waals surface area contributed by atoms with Crippen molar-refractivity contribution in [3.8, 4) is 0 Å². The van der Waals surface area contributed by atoms with Crippen molar-refractivity contribution in [3.63, 3.8) is 0 Å². The number of aromatic nitrogens is 4. The summed E-state index contributed by atoms with van der Waals surface area (Å²) in [5, 5.41) is 10.5. The number of aliphatic hydroxyl groups is 1. The third-order valence-corrected chi connectivity index (χ3v) is 6.72. The number of rotatable bonds is 4. The molecule has 0 saturated heterocycles. The zero-order valence-electron chi connectivity index (χ0n) is 15.5. The number of benzene rings is 1. The van der Waals surface area contributed by atoms with Crippen LogP contribution in [0.3, 0.4) is 0 Å². The first-order valence-electron chi connectivity index (χ1n) is 8.59. The molecule has 29 heavy (non-hydrogen) atoms. The molecular weight excluding hydrogens is 402 g/mol. The Labute approximate surface area is 164 Å². The fourth-order valence-corrected chi connectivity index (χ4v) is 5.03. The van der Waals surface area contributed by atoms with Gasteiger partial charge in [-0.3, -0.25) is 18.7 Å². The maximum atomic E-state index is 12.6. The topological polar surface area (TPSA) is 136 Å². The van der Waals surface area contributed by atoms with E-state index >= 15 is 0 Å². The lowest BCUT2D eigenvalue weighted by Gasteiger charge is -2.19. The molecule has 0 unspecified atom stereocenters. The molecule has 1 N–H and O–H groups in total. The highest BCUT2D eigenvalue weighted by Gasteiger charge is 2.41. The monoisotopic (exact) mass is 419 g/mol. The van der Waals surface area contributed by atoms with Gasteiger partial charge in [0.25, 0.3) is 21.5 Å². The van der Waals surface area contributed by atoms with Gasteiger partial charge in [-0.25, -0.2) is 22.5 Å². The average molecular weight is 419 g/mol. The van der Waals surface area contributed by atoms with Crippen LogP contribution in [-0.2, 0) is 30.7 Å². The van der Waals surface area contributed by atoms with Gasteiger partial charge in [-0.15, -0.1) is 0 Å². The molecule has 11 nitrogen and oxygen atoms in total. The van der Waals surface area contributed by atoms with Gasteiger partial charge in [-0.2, -0.15) is 0 Å². The minimum atomic E-state index is -4.05. The van der Waals surface area contributed by atoms with Gasteiger partial charge in [0.05, 0.1) is 31.1 Å².